The Bertz CT molecular complexity index is 1130. The first-order valence-corrected chi connectivity index (χ1v) is 11.7. The lowest BCUT2D eigenvalue weighted by Gasteiger charge is -2.25. The Labute approximate surface area is 206 Å². The van der Waals surface area contributed by atoms with Crippen molar-refractivity contribution in [2.75, 3.05) is 26.9 Å². The molecule has 0 spiro atoms. The summed E-state index contributed by atoms with van der Waals surface area (Å²) in [7, 11) is 1.61. The van der Waals surface area contributed by atoms with Gasteiger partial charge in [0.2, 0.25) is 5.91 Å². The summed E-state index contributed by atoms with van der Waals surface area (Å²) in [6.07, 6.45) is 12.6. The second kappa shape index (κ2) is 12.0. The zero-order chi connectivity index (χ0) is 24.5. The van der Waals surface area contributed by atoms with E-state index in [1.165, 1.54) is 0 Å². The molecule has 1 aliphatic heterocycles. The van der Waals surface area contributed by atoms with Gasteiger partial charge in [0.15, 0.2) is 11.5 Å². The number of nitrogens with zero attached hydrogens (tertiary/aromatic N) is 3. The van der Waals surface area contributed by atoms with E-state index in [1.807, 2.05) is 64.2 Å². The molecule has 1 saturated heterocycles. The van der Waals surface area contributed by atoms with Crippen LogP contribution < -0.4 is 9.47 Å². The molecule has 1 aromatic heterocycles. The Morgan fingerprint density at radius 3 is 2.80 bits per heavy atom. The van der Waals surface area contributed by atoms with E-state index in [0.29, 0.717) is 31.2 Å². The van der Waals surface area contributed by atoms with Crippen molar-refractivity contribution in [2.45, 2.75) is 25.5 Å². The Balaban J connectivity index is 1.47. The molecule has 0 radical (unpaired) electrons. The summed E-state index contributed by atoms with van der Waals surface area (Å²) in [6.45, 7) is 5.81. The number of aromatic nitrogens is 2. The maximum Gasteiger partial charge on any atom is 0.246 e. The van der Waals surface area contributed by atoms with Crippen LogP contribution in [0.15, 0.2) is 79.9 Å². The summed E-state index contributed by atoms with van der Waals surface area (Å²) in [6, 6.07) is 13.7. The molecule has 3 aromatic rings. The molecule has 7 heteroatoms. The fourth-order valence-electron chi connectivity index (χ4n) is 4.01. The summed E-state index contributed by atoms with van der Waals surface area (Å²) in [4.78, 5) is 19.1. The molecule has 1 fully saturated rings. The smallest absolute Gasteiger partial charge is 0.246 e. The molecule has 1 amide bonds. The number of ether oxygens (including phenoxy) is 3. The van der Waals surface area contributed by atoms with Crippen molar-refractivity contribution < 1.29 is 19.0 Å². The van der Waals surface area contributed by atoms with E-state index in [4.69, 9.17) is 14.2 Å². The molecule has 1 unspecified atom stereocenters. The highest BCUT2D eigenvalue weighted by Crippen LogP contribution is 2.29. The molecule has 0 saturated carbocycles. The zero-order valence-corrected chi connectivity index (χ0v) is 20.0. The lowest BCUT2D eigenvalue weighted by molar-refractivity contribution is -0.128. The summed E-state index contributed by atoms with van der Waals surface area (Å²) in [5.74, 6) is 1.21. The quantitative estimate of drug-likeness (QED) is 0.299. The number of benzene rings is 2. The highest BCUT2D eigenvalue weighted by molar-refractivity contribution is 5.91. The number of hydrogen-bond donors (Lipinski definition) is 0. The predicted octanol–water partition coefficient (Wildman–Crippen LogP) is 4.67. The normalized spacial score (nSPS) is 15.3. The van der Waals surface area contributed by atoms with Crippen LogP contribution in [0.1, 0.15) is 24.0 Å². The van der Waals surface area contributed by atoms with Gasteiger partial charge < -0.3 is 23.7 Å². The van der Waals surface area contributed by atoms with Gasteiger partial charge in [-0.25, -0.2) is 4.98 Å². The van der Waals surface area contributed by atoms with E-state index in [9.17, 15) is 4.79 Å². The van der Waals surface area contributed by atoms with E-state index < -0.39 is 0 Å². The second-order valence-electron chi connectivity index (χ2n) is 8.33. The minimum atomic E-state index is -0.0647. The van der Waals surface area contributed by atoms with Crippen molar-refractivity contribution in [1.82, 2.24) is 14.5 Å². The highest BCUT2D eigenvalue weighted by atomic mass is 16.5. The third-order valence-corrected chi connectivity index (χ3v) is 5.83. The third kappa shape index (κ3) is 6.61. The Hall–Kier alpha value is -3.84. The molecular formula is C28H31N3O4. The molecule has 182 valence electrons. The van der Waals surface area contributed by atoms with E-state index in [0.717, 1.165) is 36.3 Å². The summed E-state index contributed by atoms with van der Waals surface area (Å²) < 4.78 is 18.9. The zero-order valence-electron chi connectivity index (χ0n) is 20.0. The van der Waals surface area contributed by atoms with E-state index in [2.05, 4.69) is 11.6 Å². The monoisotopic (exact) mass is 473 g/mol. The topological polar surface area (TPSA) is 65.8 Å². The van der Waals surface area contributed by atoms with Crippen LogP contribution in [-0.2, 0) is 16.1 Å². The first-order chi connectivity index (χ1) is 17.2. The number of amides is 1. The number of carbonyl (C=O) groups is 1. The van der Waals surface area contributed by atoms with Crippen LogP contribution in [-0.4, -0.2) is 53.3 Å². The second-order valence-corrected chi connectivity index (χ2v) is 8.33. The van der Waals surface area contributed by atoms with Crippen LogP contribution in [0.25, 0.3) is 11.8 Å². The highest BCUT2D eigenvalue weighted by Gasteiger charge is 2.22. The summed E-state index contributed by atoms with van der Waals surface area (Å²) >= 11 is 0. The number of hydrogen-bond acceptors (Lipinski definition) is 5. The number of carbonyl (C=O) groups excluding carboxylic acids is 1. The Morgan fingerprint density at radius 2 is 2.11 bits per heavy atom. The number of imidazole rings is 1. The van der Waals surface area contributed by atoms with Gasteiger partial charge in [0, 0.05) is 43.9 Å². The molecule has 0 N–H and O–H groups in total. The van der Waals surface area contributed by atoms with Gasteiger partial charge in [-0.3, -0.25) is 4.79 Å². The van der Waals surface area contributed by atoms with Crippen LogP contribution in [0.5, 0.6) is 11.5 Å². The molecule has 1 atom stereocenters. The number of methoxy groups -OCH3 is 1. The van der Waals surface area contributed by atoms with Gasteiger partial charge in [0.25, 0.3) is 0 Å². The molecule has 2 heterocycles. The lowest BCUT2D eigenvalue weighted by Crippen LogP contribution is -2.35. The van der Waals surface area contributed by atoms with Gasteiger partial charge in [0.1, 0.15) is 6.61 Å². The Morgan fingerprint density at radius 1 is 1.26 bits per heavy atom. The molecule has 7 nitrogen and oxygen atoms in total. The molecular weight excluding hydrogens is 442 g/mol. The average Bonchev–Trinajstić information content (AvgIpc) is 3.61. The molecule has 0 bridgehead atoms. The van der Waals surface area contributed by atoms with Crippen molar-refractivity contribution in [1.29, 1.82) is 0 Å². The van der Waals surface area contributed by atoms with E-state index >= 15 is 0 Å². The maximum atomic E-state index is 13.2. The summed E-state index contributed by atoms with van der Waals surface area (Å²) in [5, 5.41) is 0. The molecule has 4 rings (SSSR count). The fourth-order valence-corrected chi connectivity index (χ4v) is 4.01. The predicted molar refractivity (Wildman–Crippen MR) is 136 cm³/mol. The van der Waals surface area contributed by atoms with Crippen LogP contribution in [0.3, 0.4) is 0 Å². The average molecular weight is 474 g/mol. The van der Waals surface area contributed by atoms with Crippen LogP contribution in [0.2, 0.25) is 0 Å². The standard InChI is InChI=1S/C28H31N3O4/c1-3-16-35-26-12-8-23(18-27(26)33-2)19-31(20-25-5-4-17-34-25)28(32)13-9-22-6-10-24(11-7-22)30-15-14-29-21-30/h3,6-15,18,21,25H,1,4-5,16-17,19-20H2,2H3/b13-9+. The minimum absolute atomic E-state index is 0.0545. The van der Waals surface area contributed by atoms with Crippen LogP contribution in [0.4, 0.5) is 0 Å². The van der Waals surface area contributed by atoms with Gasteiger partial charge in [-0.1, -0.05) is 30.9 Å². The van der Waals surface area contributed by atoms with Gasteiger partial charge in [-0.15, -0.1) is 0 Å². The minimum Gasteiger partial charge on any atom is -0.493 e. The van der Waals surface area contributed by atoms with Crippen molar-refractivity contribution in [3.05, 3.63) is 91.0 Å². The van der Waals surface area contributed by atoms with Gasteiger partial charge in [0.05, 0.1) is 19.5 Å². The third-order valence-electron chi connectivity index (χ3n) is 5.83. The molecule has 1 aliphatic rings. The van der Waals surface area contributed by atoms with Gasteiger partial charge in [-0.2, -0.15) is 0 Å². The van der Waals surface area contributed by atoms with Crippen molar-refractivity contribution in [3.63, 3.8) is 0 Å². The molecule has 0 aliphatic carbocycles. The van der Waals surface area contributed by atoms with E-state index in [1.54, 1.807) is 31.8 Å². The van der Waals surface area contributed by atoms with E-state index in [-0.39, 0.29) is 12.0 Å². The fraction of sp³-hybridized carbons (Fsp3) is 0.286. The van der Waals surface area contributed by atoms with Crippen molar-refractivity contribution >= 4 is 12.0 Å². The lowest BCUT2D eigenvalue weighted by atomic mass is 10.1. The SMILES string of the molecule is C=CCOc1ccc(CN(CC2CCCO2)C(=O)/C=C/c2ccc(-n3ccnc3)cc2)cc1OC. The summed E-state index contributed by atoms with van der Waals surface area (Å²) in [5.41, 5.74) is 2.92. The Kier molecular flexibility index (Phi) is 8.35. The van der Waals surface area contributed by atoms with Crippen LogP contribution in [0, 0.1) is 0 Å². The van der Waals surface area contributed by atoms with Gasteiger partial charge in [-0.05, 0) is 54.3 Å². The molecule has 35 heavy (non-hydrogen) atoms. The first kappa shape index (κ1) is 24.3. The first-order valence-electron chi connectivity index (χ1n) is 11.7. The maximum absolute atomic E-state index is 13.2. The largest absolute Gasteiger partial charge is 0.493 e. The van der Waals surface area contributed by atoms with Crippen molar-refractivity contribution in [2.24, 2.45) is 0 Å². The van der Waals surface area contributed by atoms with Crippen molar-refractivity contribution in [3.8, 4) is 17.2 Å². The number of rotatable bonds is 11. The van der Waals surface area contributed by atoms with Gasteiger partial charge >= 0.3 is 0 Å². The molecule has 2 aromatic carbocycles. The van der Waals surface area contributed by atoms with Crippen LogP contribution >= 0.6 is 0 Å².